The van der Waals surface area contributed by atoms with E-state index >= 15 is 0 Å². The standard InChI is InChI=1S/C22H28N2O2/c25-20-13-15-22(21(26)23-16-17-8-2-1-3-9-17)14-7-6-12-19(22)24(20)18-10-4-5-11-18/h1-3,8-9,12,18H,4-7,10-11,13-16H2,(H,23,26). The third kappa shape index (κ3) is 3.06. The van der Waals surface area contributed by atoms with Crippen molar-refractivity contribution in [1.82, 2.24) is 10.2 Å². The quantitative estimate of drug-likeness (QED) is 0.893. The summed E-state index contributed by atoms with van der Waals surface area (Å²) in [5.41, 5.74) is 1.61. The lowest BCUT2D eigenvalue weighted by Crippen LogP contribution is -2.55. The Kier molecular flexibility index (Phi) is 4.84. The highest BCUT2D eigenvalue weighted by Crippen LogP contribution is 2.49. The van der Waals surface area contributed by atoms with E-state index in [-0.39, 0.29) is 11.8 Å². The Bertz CT molecular complexity index is 706. The van der Waals surface area contributed by atoms with Crippen molar-refractivity contribution in [2.75, 3.05) is 0 Å². The van der Waals surface area contributed by atoms with E-state index in [4.69, 9.17) is 0 Å². The van der Waals surface area contributed by atoms with E-state index in [9.17, 15) is 9.59 Å². The number of piperidine rings is 1. The number of fused-ring (bicyclic) bond motifs is 1. The average Bonchev–Trinajstić information content (AvgIpc) is 3.21. The largest absolute Gasteiger partial charge is 0.351 e. The molecule has 26 heavy (non-hydrogen) atoms. The van der Waals surface area contributed by atoms with Crippen LogP contribution in [0.2, 0.25) is 0 Å². The van der Waals surface area contributed by atoms with Gasteiger partial charge < -0.3 is 10.2 Å². The third-order valence-corrected chi connectivity index (χ3v) is 6.35. The summed E-state index contributed by atoms with van der Waals surface area (Å²) in [7, 11) is 0. The molecule has 0 spiro atoms. The van der Waals surface area contributed by atoms with Gasteiger partial charge in [-0.3, -0.25) is 9.59 Å². The highest BCUT2D eigenvalue weighted by atomic mass is 16.2. The Hall–Kier alpha value is -2.10. The molecule has 1 saturated heterocycles. The van der Waals surface area contributed by atoms with Crippen LogP contribution in [0.5, 0.6) is 0 Å². The van der Waals surface area contributed by atoms with Crippen molar-refractivity contribution in [2.45, 2.75) is 70.4 Å². The van der Waals surface area contributed by atoms with Gasteiger partial charge in [0.25, 0.3) is 0 Å². The first-order chi connectivity index (χ1) is 12.7. The van der Waals surface area contributed by atoms with E-state index in [1.54, 1.807) is 0 Å². The SMILES string of the molecule is O=C1CCC2(C(=O)NCc3ccccc3)CCCC=C2N1C1CCCC1. The number of carbonyl (C=O) groups excluding carboxylic acids is 2. The number of nitrogens with zero attached hydrogens (tertiary/aromatic N) is 1. The second-order valence-corrected chi connectivity index (χ2v) is 7.93. The lowest BCUT2D eigenvalue weighted by Gasteiger charge is -2.48. The fourth-order valence-electron chi connectivity index (χ4n) is 4.98. The summed E-state index contributed by atoms with van der Waals surface area (Å²) in [5.74, 6) is 0.319. The van der Waals surface area contributed by atoms with Crippen molar-refractivity contribution >= 4 is 11.8 Å². The molecule has 4 rings (SSSR count). The second-order valence-electron chi connectivity index (χ2n) is 7.93. The summed E-state index contributed by atoms with van der Waals surface area (Å²) in [6.45, 7) is 0.548. The van der Waals surface area contributed by atoms with Gasteiger partial charge in [-0.1, -0.05) is 49.2 Å². The summed E-state index contributed by atoms with van der Waals surface area (Å²) in [6.07, 6.45) is 10.7. The Morgan fingerprint density at radius 1 is 1.12 bits per heavy atom. The van der Waals surface area contributed by atoms with Gasteiger partial charge in [0, 0.05) is 24.7 Å². The monoisotopic (exact) mass is 352 g/mol. The number of carbonyl (C=O) groups is 2. The zero-order valence-corrected chi connectivity index (χ0v) is 15.4. The second kappa shape index (κ2) is 7.26. The van der Waals surface area contributed by atoms with Gasteiger partial charge in [-0.2, -0.15) is 0 Å². The zero-order chi connectivity index (χ0) is 18.0. The van der Waals surface area contributed by atoms with Crippen molar-refractivity contribution in [2.24, 2.45) is 5.41 Å². The first-order valence-electron chi connectivity index (χ1n) is 10.1. The molecule has 1 saturated carbocycles. The highest BCUT2D eigenvalue weighted by Gasteiger charge is 2.51. The van der Waals surface area contributed by atoms with Crippen LogP contribution in [0.25, 0.3) is 0 Å². The van der Waals surface area contributed by atoms with Gasteiger partial charge >= 0.3 is 0 Å². The molecule has 1 atom stereocenters. The molecular weight excluding hydrogens is 324 g/mol. The number of likely N-dealkylation sites (tertiary alicyclic amines) is 1. The predicted molar refractivity (Wildman–Crippen MR) is 101 cm³/mol. The lowest BCUT2D eigenvalue weighted by molar-refractivity contribution is -0.142. The van der Waals surface area contributed by atoms with E-state index < -0.39 is 5.41 Å². The first-order valence-corrected chi connectivity index (χ1v) is 10.1. The van der Waals surface area contributed by atoms with Crippen LogP contribution in [-0.4, -0.2) is 22.8 Å². The summed E-state index contributed by atoms with van der Waals surface area (Å²) in [6, 6.07) is 10.3. The van der Waals surface area contributed by atoms with Crippen LogP contribution < -0.4 is 5.32 Å². The van der Waals surface area contributed by atoms with Crippen LogP contribution in [0.15, 0.2) is 42.1 Å². The van der Waals surface area contributed by atoms with Gasteiger partial charge in [0.15, 0.2) is 0 Å². The predicted octanol–water partition coefficient (Wildman–Crippen LogP) is 3.92. The van der Waals surface area contributed by atoms with Crippen LogP contribution in [-0.2, 0) is 16.1 Å². The Balaban J connectivity index is 1.57. The topological polar surface area (TPSA) is 49.4 Å². The number of allylic oxidation sites excluding steroid dienone is 1. The summed E-state index contributed by atoms with van der Waals surface area (Å²) >= 11 is 0. The number of rotatable bonds is 4. The average molecular weight is 352 g/mol. The summed E-state index contributed by atoms with van der Waals surface area (Å²) in [4.78, 5) is 28.1. The number of benzene rings is 1. The fourth-order valence-corrected chi connectivity index (χ4v) is 4.98. The van der Waals surface area contributed by atoms with E-state index in [0.717, 1.165) is 43.4 Å². The van der Waals surface area contributed by atoms with Crippen molar-refractivity contribution in [3.63, 3.8) is 0 Å². The van der Waals surface area contributed by atoms with E-state index in [0.29, 0.717) is 25.4 Å². The van der Waals surface area contributed by atoms with Crippen molar-refractivity contribution in [3.8, 4) is 0 Å². The molecule has 2 aliphatic carbocycles. The molecular formula is C22H28N2O2. The van der Waals surface area contributed by atoms with Gasteiger partial charge in [-0.25, -0.2) is 0 Å². The van der Waals surface area contributed by atoms with Crippen LogP contribution in [0.3, 0.4) is 0 Å². The van der Waals surface area contributed by atoms with Gasteiger partial charge in [0.05, 0.1) is 5.41 Å². The lowest BCUT2D eigenvalue weighted by atomic mass is 9.68. The molecule has 1 heterocycles. The smallest absolute Gasteiger partial charge is 0.232 e. The molecule has 1 aromatic rings. The van der Waals surface area contributed by atoms with E-state index in [1.807, 2.05) is 35.2 Å². The molecule has 138 valence electrons. The van der Waals surface area contributed by atoms with Crippen LogP contribution in [0.1, 0.15) is 63.4 Å². The van der Waals surface area contributed by atoms with Gasteiger partial charge in [-0.05, 0) is 44.1 Å². The number of nitrogens with one attached hydrogen (secondary N) is 1. The molecule has 2 fully saturated rings. The maximum absolute atomic E-state index is 13.3. The first kappa shape index (κ1) is 17.3. The van der Waals surface area contributed by atoms with Gasteiger partial charge in [-0.15, -0.1) is 0 Å². The zero-order valence-electron chi connectivity index (χ0n) is 15.4. The van der Waals surface area contributed by atoms with E-state index in [2.05, 4.69) is 11.4 Å². The Morgan fingerprint density at radius 3 is 2.65 bits per heavy atom. The van der Waals surface area contributed by atoms with Crippen LogP contribution in [0.4, 0.5) is 0 Å². The van der Waals surface area contributed by atoms with Gasteiger partial charge in [0.1, 0.15) is 0 Å². The normalized spacial score (nSPS) is 26.4. The van der Waals surface area contributed by atoms with Crippen LogP contribution >= 0.6 is 0 Å². The molecule has 4 heteroatoms. The minimum absolute atomic E-state index is 0.0998. The molecule has 4 nitrogen and oxygen atoms in total. The van der Waals surface area contributed by atoms with Crippen molar-refractivity contribution in [3.05, 3.63) is 47.7 Å². The number of hydrogen-bond donors (Lipinski definition) is 1. The summed E-state index contributed by atoms with van der Waals surface area (Å²) in [5, 5.41) is 3.17. The molecule has 1 unspecified atom stereocenters. The highest BCUT2D eigenvalue weighted by molar-refractivity contribution is 5.91. The maximum Gasteiger partial charge on any atom is 0.232 e. The molecule has 1 aromatic carbocycles. The molecule has 3 aliphatic rings. The summed E-state index contributed by atoms with van der Waals surface area (Å²) < 4.78 is 0. The molecule has 0 aromatic heterocycles. The number of hydrogen-bond acceptors (Lipinski definition) is 2. The minimum atomic E-state index is -0.510. The van der Waals surface area contributed by atoms with Crippen molar-refractivity contribution in [1.29, 1.82) is 0 Å². The molecule has 0 radical (unpaired) electrons. The maximum atomic E-state index is 13.3. The Morgan fingerprint density at radius 2 is 1.88 bits per heavy atom. The number of amides is 2. The Labute approximate surface area is 155 Å². The minimum Gasteiger partial charge on any atom is -0.351 e. The van der Waals surface area contributed by atoms with Gasteiger partial charge in [0.2, 0.25) is 11.8 Å². The van der Waals surface area contributed by atoms with Crippen LogP contribution in [0, 0.1) is 5.41 Å². The fraction of sp³-hybridized carbons (Fsp3) is 0.545. The van der Waals surface area contributed by atoms with Crippen molar-refractivity contribution < 1.29 is 9.59 Å². The molecule has 2 amide bonds. The van der Waals surface area contributed by atoms with E-state index in [1.165, 1.54) is 12.8 Å². The molecule has 1 aliphatic heterocycles. The molecule has 1 N–H and O–H groups in total. The molecule has 0 bridgehead atoms. The third-order valence-electron chi connectivity index (χ3n) is 6.35.